The van der Waals surface area contributed by atoms with E-state index >= 15 is 0 Å². The highest BCUT2D eigenvalue weighted by Crippen LogP contribution is 2.31. The van der Waals surface area contributed by atoms with E-state index in [1.54, 1.807) is 0 Å². The maximum absolute atomic E-state index is 6.16. The van der Waals surface area contributed by atoms with Crippen molar-refractivity contribution in [2.75, 3.05) is 6.54 Å². The molecule has 16 heavy (non-hydrogen) atoms. The Kier molecular flexibility index (Phi) is 4.26. The summed E-state index contributed by atoms with van der Waals surface area (Å²) in [6.07, 6.45) is 9.76. The molecule has 1 heterocycles. The van der Waals surface area contributed by atoms with Crippen LogP contribution in [0.15, 0.2) is 0 Å². The average Bonchev–Trinajstić information content (AvgIpc) is 2.29. The Labute approximate surface area is 101 Å². The highest BCUT2D eigenvalue weighted by Gasteiger charge is 2.32. The lowest BCUT2D eigenvalue weighted by atomic mass is 9.83. The minimum Gasteiger partial charge on any atom is -0.327 e. The topological polar surface area (TPSA) is 29.3 Å². The van der Waals surface area contributed by atoms with Crippen molar-refractivity contribution >= 4 is 0 Å². The van der Waals surface area contributed by atoms with Gasteiger partial charge in [-0.3, -0.25) is 4.90 Å². The summed E-state index contributed by atoms with van der Waals surface area (Å²) in [5.41, 5.74) is 6.16. The standard InChI is InChI=1S/C14H28N2/c1-11-6-5-7-13(10-11)16-9-4-3-8-14(16)12(2)15/h11-14H,3-10,15H2,1-2H3. The van der Waals surface area contributed by atoms with Crippen LogP contribution >= 0.6 is 0 Å². The second-order valence-electron chi connectivity index (χ2n) is 6.09. The molecule has 2 aliphatic rings. The third kappa shape index (κ3) is 2.78. The van der Waals surface area contributed by atoms with Gasteiger partial charge in [0.1, 0.15) is 0 Å². The van der Waals surface area contributed by atoms with E-state index in [1.165, 1.54) is 51.5 Å². The molecule has 1 aliphatic heterocycles. The molecule has 0 aromatic carbocycles. The first-order valence-corrected chi connectivity index (χ1v) is 7.20. The molecular formula is C14H28N2. The molecule has 2 rings (SSSR count). The zero-order chi connectivity index (χ0) is 11.5. The van der Waals surface area contributed by atoms with Crippen LogP contribution in [0.25, 0.3) is 0 Å². The molecule has 0 amide bonds. The van der Waals surface area contributed by atoms with Crippen LogP contribution in [-0.4, -0.2) is 29.6 Å². The molecule has 0 spiro atoms. The molecule has 4 unspecified atom stereocenters. The lowest BCUT2D eigenvalue weighted by Gasteiger charge is -2.45. The maximum atomic E-state index is 6.16. The van der Waals surface area contributed by atoms with E-state index in [0.717, 1.165) is 12.0 Å². The molecule has 4 atom stereocenters. The van der Waals surface area contributed by atoms with Gasteiger partial charge < -0.3 is 5.73 Å². The molecule has 1 aliphatic carbocycles. The van der Waals surface area contributed by atoms with E-state index in [2.05, 4.69) is 18.7 Å². The van der Waals surface area contributed by atoms with Crippen molar-refractivity contribution in [1.82, 2.24) is 4.90 Å². The van der Waals surface area contributed by atoms with E-state index in [4.69, 9.17) is 5.73 Å². The molecule has 0 aromatic rings. The van der Waals surface area contributed by atoms with Crippen molar-refractivity contribution in [2.45, 2.75) is 76.9 Å². The predicted molar refractivity (Wildman–Crippen MR) is 69.4 cm³/mol. The van der Waals surface area contributed by atoms with Crippen molar-refractivity contribution in [1.29, 1.82) is 0 Å². The second-order valence-corrected chi connectivity index (χ2v) is 6.09. The minimum absolute atomic E-state index is 0.345. The number of likely N-dealkylation sites (tertiary alicyclic amines) is 1. The van der Waals surface area contributed by atoms with Gasteiger partial charge in [0, 0.05) is 18.1 Å². The third-order valence-electron chi connectivity index (χ3n) is 4.58. The first kappa shape index (κ1) is 12.4. The zero-order valence-electron chi connectivity index (χ0n) is 11.0. The van der Waals surface area contributed by atoms with Crippen LogP contribution in [0.5, 0.6) is 0 Å². The van der Waals surface area contributed by atoms with Crippen molar-refractivity contribution in [3.8, 4) is 0 Å². The van der Waals surface area contributed by atoms with Gasteiger partial charge in [0.2, 0.25) is 0 Å². The largest absolute Gasteiger partial charge is 0.327 e. The van der Waals surface area contributed by atoms with Crippen LogP contribution in [0.1, 0.15) is 58.8 Å². The van der Waals surface area contributed by atoms with E-state index in [-0.39, 0.29) is 0 Å². The molecular weight excluding hydrogens is 196 g/mol. The monoisotopic (exact) mass is 224 g/mol. The van der Waals surface area contributed by atoms with Gasteiger partial charge in [-0.25, -0.2) is 0 Å². The minimum atomic E-state index is 0.345. The summed E-state index contributed by atoms with van der Waals surface area (Å²) >= 11 is 0. The lowest BCUT2D eigenvalue weighted by molar-refractivity contribution is 0.0509. The summed E-state index contributed by atoms with van der Waals surface area (Å²) < 4.78 is 0. The quantitative estimate of drug-likeness (QED) is 0.781. The number of hydrogen-bond acceptors (Lipinski definition) is 2. The summed E-state index contributed by atoms with van der Waals surface area (Å²) in [6, 6.07) is 1.83. The maximum Gasteiger partial charge on any atom is 0.0247 e. The zero-order valence-corrected chi connectivity index (χ0v) is 11.0. The number of hydrogen-bond donors (Lipinski definition) is 1. The third-order valence-corrected chi connectivity index (χ3v) is 4.58. The summed E-state index contributed by atoms with van der Waals surface area (Å²) in [5, 5.41) is 0. The van der Waals surface area contributed by atoms with E-state index in [1.807, 2.05) is 0 Å². The van der Waals surface area contributed by atoms with Gasteiger partial charge in [0.25, 0.3) is 0 Å². The highest BCUT2D eigenvalue weighted by atomic mass is 15.2. The van der Waals surface area contributed by atoms with Crippen LogP contribution in [0.2, 0.25) is 0 Å². The Balaban J connectivity index is 1.98. The Morgan fingerprint density at radius 1 is 1.12 bits per heavy atom. The SMILES string of the molecule is CC1CCCC(N2CCCCC2C(C)N)C1. The molecule has 0 radical (unpaired) electrons. The fraction of sp³-hybridized carbons (Fsp3) is 1.00. The Bertz CT molecular complexity index is 215. The van der Waals surface area contributed by atoms with Gasteiger partial charge in [-0.1, -0.05) is 26.2 Å². The van der Waals surface area contributed by atoms with Gasteiger partial charge in [0.15, 0.2) is 0 Å². The summed E-state index contributed by atoms with van der Waals surface area (Å²) in [7, 11) is 0. The Hall–Kier alpha value is -0.0800. The Morgan fingerprint density at radius 2 is 1.94 bits per heavy atom. The summed E-state index contributed by atoms with van der Waals surface area (Å²) in [4.78, 5) is 2.75. The molecule has 0 bridgehead atoms. The van der Waals surface area contributed by atoms with Gasteiger partial charge in [-0.05, 0) is 45.1 Å². The Morgan fingerprint density at radius 3 is 2.62 bits per heavy atom. The van der Waals surface area contributed by atoms with Crippen molar-refractivity contribution in [3.63, 3.8) is 0 Å². The fourth-order valence-corrected chi connectivity index (χ4v) is 3.70. The highest BCUT2D eigenvalue weighted by molar-refractivity contribution is 4.89. The normalized spacial score (nSPS) is 39.6. The second kappa shape index (κ2) is 5.50. The summed E-state index contributed by atoms with van der Waals surface area (Å²) in [6.45, 7) is 5.90. The van der Waals surface area contributed by atoms with Gasteiger partial charge in [-0.2, -0.15) is 0 Å². The number of piperidine rings is 1. The molecule has 1 saturated heterocycles. The van der Waals surface area contributed by atoms with E-state index in [9.17, 15) is 0 Å². The van der Waals surface area contributed by atoms with Gasteiger partial charge >= 0.3 is 0 Å². The number of rotatable bonds is 2. The van der Waals surface area contributed by atoms with Gasteiger partial charge in [0.05, 0.1) is 0 Å². The van der Waals surface area contributed by atoms with Crippen molar-refractivity contribution < 1.29 is 0 Å². The molecule has 2 N–H and O–H groups in total. The first-order valence-electron chi connectivity index (χ1n) is 7.20. The van der Waals surface area contributed by atoms with Crippen LogP contribution in [0.4, 0.5) is 0 Å². The van der Waals surface area contributed by atoms with Crippen LogP contribution in [-0.2, 0) is 0 Å². The average molecular weight is 224 g/mol. The van der Waals surface area contributed by atoms with Crippen molar-refractivity contribution in [2.24, 2.45) is 11.7 Å². The smallest absolute Gasteiger partial charge is 0.0247 e. The first-order chi connectivity index (χ1) is 7.68. The van der Waals surface area contributed by atoms with Crippen LogP contribution < -0.4 is 5.73 Å². The molecule has 1 saturated carbocycles. The van der Waals surface area contributed by atoms with Gasteiger partial charge in [-0.15, -0.1) is 0 Å². The predicted octanol–water partition coefficient (Wildman–Crippen LogP) is 2.77. The van der Waals surface area contributed by atoms with Crippen LogP contribution in [0.3, 0.4) is 0 Å². The molecule has 94 valence electrons. The molecule has 2 nitrogen and oxygen atoms in total. The summed E-state index contributed by atoms with van der Waals surface area (Å²) in [5.74, 6) is 0.925. The van der Waals surface area contributed by atoms with E-state index < -0.39 is 0 Å². The molecule has 0 aromatic heterocycles. The van der Waals surface area contributed by atoms with Crippen molar-refractivity contribution in [3.05, 3.63) is 0 Å². The van der Waals surface area contributed by atoms with Crippen LogP contribution in [0, 0.1) is 5.92 Å². The van der Waals surface area contributed by atoms with E-state index in [0.29, 0.717) is 12.1 Å². The lowest BCUT2D eigenvalue weighted by Crippen LogP contribution is -2.54. The number of nitrogens with two attached hydrogens (primary N) is 1. The fourth-order valence-electron chi connectivity index (χ4n) is 3.70. The molecule has 2 heteroatoms. The number of nitrogens with zero attached hydrogens (tertiary/aromatic N) is 1. The molecule has 2 fully saturated rings.